The van der Waals surface area contributed by atoms with Gasteiger partial charge in [0.05, 0.1) is 10.4 Å². The number of rotatable bonds is 6. The van der Waals surface area contributed by atoms with E-state index in [2.05, 4.69) is 11.4 Å². The van der Waals surface area contributed by atoms with Gasteiger partial charge >= 0.3 is 0 Å². The van der Waals surface area contributed by atoms with Crippen LogP contribution >= 0.6 is 11.3 Å². The maximum atomic E-state index is 12.6. The van der Waals surface area contributed by atoms with Gasteiger partial charge in [-0.1, -0.05) is 0 Å². The number of hydrogen-bond acceptors (Lipinski definition) is 5. The lowest BCUT2D eigenvalue weighted by molar-refractivity contribution is -0.111. The molecule has 0 spiro atoms. The number of carbonyl (C=O) groups is 2. The fourth-order valence-corrected chi connectivity index (χ4v) is 3.58. The second-order valence-electron chi connectivity index (χ2n) is 5.62. The van der Waals surface area contributed by atoms with Crippen molar-refractivity contribution < 1.29 is 14.0 Å². The first-order chi connectivity index (χ1) is 12.4. The van der Waals surface area contributed by atoms with E-state index in [0.717, 1.165) is 17.1 Å². The van der Waals surface area contributed by atoms with Gasteiger partial charge in [-0.3, -0.25) is 9.59 Å². The van der Waals surface area contributed by atoms with Crippen LogP contribution in [-0.2, 0) is 4.79 Å². The third kappa shape index (κ3) is 4.21. The fourth-order valence-electron chi connectivity index (χ4n) is 2.45. The maximum absolute atomic E-state index is 12.6. The summed E-state index contributed by atoms with van der Waals surface area (Å²) in [6, 6.07) is 5.64. The van der Waals surface area contributed by atoms with Crippen molar-refractivity contribution in [2.75, 3.05) is 18.4 Å². The summed E-state index contributed by atoms with van der Waals surface area (Å²) in [7, 11) is 0. The molecule has 0 bridgehead atoms. The highest BCUT2D eigenvalue weighted by molar-refractivity contribution is 7.18. The zero-order valence-corrected chi connectivity index (χ0v) is 16.1. The molecule has 0 unspecified atom stereocenters. The van der Waals surface area contributed by atoms with Crippen molar-refractivity contribution in [3.63, 3.8) is 0 Å². The number of aryl methyl sites for hydroxylation is 1. The minimum Gasteiger partial charge on any atom is -0.462 e. The molecule has 2 rings (SSSR count). The van der Waals surface area contributed by atoms with Crippen molar-refractivity contribution in [1.29, 1.82) is 5.26 Å². The van der Waals surface area contributed by atoms with E-state index in [1.54, 1.807) is 30.0 Å². The van der Waals surface area contributed by atoms with Crippen LogP contribution in [0.3, 0.4) is 0 Å². The van der Waals surface area contributed by atoms with Crippen LogP contribution in [0.15, 0.2) is 22.6 Å². The first-order valence-electron chi connectivity index (χ1n) is 8.29. The summed E-state index contributed by atoms with van der Waals surface area (Å²) < 4.78 is 5.37. The van der Waals surface area contributed by atoms with Crippen molar-refractivity contribution in [2.45, 2.75) is 27.7 Å². The Labute approximate surface area is 156 Å². The molecule has 2 amide bonds. The molecule has 0 aromatic carbocycles. The van der Waals surface area contributed by atoms with E-state index in [0.29, 0.717) is 39.9 Å². The van der Waals surface area contributed by atoms with Crippen molar-refractivity contribution in [2.24, 2.45) is 0 Å². The molecule has 0 saturated carbocycles. The zero-order chi connectivity index (χ0) is 19.3. The molecular formula is C19H21N3O3S. The first-order valence-corrected chi connectivity index (χ1v) is 9.11. The van der Waals surface area contributed by atoms with Gasteiger partial charge in [0.1, 0.15) is 22.6 Å². The Morgan fingerprint density at radius 3 is 2.54 bits per heavy atom. The van der Waals surface area contributed by atoms with Gasteiger partial charge in [-0.05, 0) is 51.5 Å². The van der Waals surface area contributed by atoms with Gasteiger partial charge in [-0.2, -0.15) is 5.26 Å². The molecule has 0 aliphatic rings. The molecule has 0 aliphatic heterocycles. The molecule has 2 aromatic heterocycles. The lowest BCUT2D eigenvalue weighted by Crippen LogP contribution is -2.30. The SMILES string of the molecule is CCN(CC)C(=O)c1sc(NC(=O)C=Cc2ccc(C)o2)c(C#N)c1C. The molecule has 0 atom stereocenters. The molecule has 0 aliphatic carbocycles. The van der Waals surface area contributed by atoms with Gasteiger partial charge in [0.15, 0.2) is 0 Å². The maximum Gasteiger partial charge on any atom is 0.264 e. The lowest BCUT2D eigenvalue weighted by Gasteiger charge is -2.17. The average molecular weight is 371 g/mol. The van der Waals surface area contributed by atoms with E-state index >= 15 is 0 Å². The number of hydrogen-bond donors (Lipinski definition) is 1. The largest absolute Gasteiger partial charge is 0.462 e. The predicted molar refractivity (Wildman–Crippen MR) is 102 cm³/mol. The number of carbonyl (C=O) groups excluding carboxylic acids is 2. The third-order valence-corrected chi connectivity index (χ3v) is 5.10. The zero-order valence-electron chi connectivity index (χ0n) is 15.3. The number of thiophene rings is 1. The van der Waals surface area contributed by atoms with Crippen LogP contribution < -0.4 is 5.32 Å². The molecule has 2 heterocycles. The van der Waals surface area contributed by atoms with Gasteiger partial charge in [0.25, 0.3) is 5.91 Å². The summed E-state index contributed by atoms with van der Waals surface area (Å²) in [6.45, 7) is 8.52. The van der Waals surface area contributed by atoms with Crippen molar-refractivity contribution in [1.82, 2.24) is 4.90 Å². The normalized spacial score (nSPS) is 10.7. The molecule has 136 valence electrons. The van der Waals surface area contributed by atoms with E-state index in [4.69, 9.17) is 4.42 Å². The molecule has 0 saturated heterocycles. The minimum absolute atomic E-state index is 0.129. The van der Waals surface area contributed by atoms with Crippen LogP contribution in [0.4, 0.5) is 5.00 Å². The van der Waals surface area contributed by atoms with E-state index in [1.165, 1.54) is 6.08 Å². The molecule has 0 fully saturated rings. The molecular weight excluding hydrogens is 350 g/mol. The van der Waals surface area contributed by atoms with Crippen LogP contribution in [0.2, 0.25) is 0 Å². The Bertz CT molecular complexity index is 882. The van der Waals surface area contributed by atoms with Crippen molar-refractivity contribution >= 4 is 34.2 Å². The number of furan rings is 1. The average Bonchev–Trinajstić information content (AvgIpc) is 3.17. The Balaban J connectivity index is 2.22. The third-order valence-electron chi connectivity index (χ3n) is 3.90. The second kappa shape index (κ2) is 8.50. The number of amides is 2. The number of nitrogens with zero attached hydrogens (tertiary/aromatic N) is 2. The van der Waals surface area contributed by atoms with Gasteiger partial charge < -0.3 is 14.6 Å². The summed E-state index contributed by atoms with van der Waals surface area (Å²) in [5.41, 5.74) is 0.913. The monoisotopic (exact) mass is 371 g/mol. The van der Waals surface area contributed by atoms with Crippen LogP contribution in [-0.4, -0.2) is 29.8 Å². The summed E-state index contributed by atoms with van der Waals surface area (Å²) in [4.78, 5) is 26.9. The summed E-state index contributed by atoms with van der Waals surface area (Å²) >= 11 is 1.13. The molecule has 6 nitrogen and oxygen atoms in total. The minimum atomic E-state index is -0.390. The summed E-state index contributed by atoms with van der Waals surface area (Å²) in [5, 5.41) is 12.5. The number of anilines is 1. The highest BCUT2D eigenvalue weighted by atomic mass is 32.1. The number of nitriles is 1. The highest BCUT2D eigenvalue weighted by Gasteiger charge is 2.23. The Morgan fingerprint density at radius 2 is 2.00 bits per heavy atom. The van der Waals surface area contributed by atoms with Crippen molar-refractivity contribution in [3.8, 4) is 6.07 Å². The second-order valence-corrected chi connectivity index (χ2v) is 6.64. The van der Waals surface area contributed by atoms with Crippen LogP contribution in [0, 0.1) is 25.2 Å². The molecule has 0 radical (unpaired) electrons. The molecule has 26 heavy (non-hydrogen) atoms. The molecule has 2 aromatic rings. The van der Waals surface area contributed by atoms with Crippen LogP contribution in [0.5, 0.6) is 0 Å². The van der Waals surface area contributed by atoms with Crippen LogP contribution in [0.1, 0.15) is 46.2 Å². The van der Waals surface area contributed by atoms with Gasteiger partial charge in [-0.25, -0.2) is 0 Å². The summed E-state index contributed by atoms with van der Waals surface area (Å²) in [6.07, 6.45) is 2.89. The lowest BCUT2D eigenvalue weighted by atomic mass is 10.1. The van der Waals surface area contributed by atoms with Crippen LogP contribution in [0.25, 0.3) is 6.08 Å². The van der Waals surface area contributed by atoms with E-state index in [-0.39, 0.29) is 5.91 Å². The molecule has 7 heteroatoms. The Hall–Kier alpha value is -2.85. The molecule has 1 N–H and O–H groups in total. The van der Waals surface area contributed by atoms with Gasteiger partial charge in [-0.15, -0.1) is 11.3 Å². The fraction of sp³-hybridized carbons (Fsp3) is 0.316. The van der Waals surface area contributed by atoms with Gasteiger partial charge in [0.2, 0.25) is 5.91 Å². The van der Waals surface area contributed by atoms with E-state index < -0.39 is 5.91 Å². The Kier molecular flexibility index (Phi) is 6.36. The van der Waals surface area contributed by atoms with E-state index in [9.17, 15) is 14.9 Å². The topological polar surface area (TPSA) is 86.3 Å². The smallest absolute Gasteiger partial charge is 0.264 e. The predicted octanol–water partition coefficient (Wildman–Crippen LogP) is 3.96. The standard InChI is InChI=1S/C19H21N3O3S/c1-5-22(6-2)19(24)17-13(4)15(11-20)18(26-17)21-16(23)10-9-14-8-7-12(3)25-14/h7-10H,5-6H2,1-4H3,(H,21,23). The highest BCUT2D eigenvalue weighted by Crippen LogP contribution is 2.33. The van der Waals surface area contributed by atoms with Gasteiger partial charge in [0, 0.05) is 19.2 Å². The quantitative estimate of drug-likeness (QED) is 0.779. The van der Waals surface area contributed by atoms with E-state index in [1.807, 2.05) is 20.8 Å². The summed E-state index contributed by atoms with van der Waals surface area (Å²) in [5.74, 6) is 0.804. The first kappa shape index (κ1) is 19.5. The Morgan fingerprint density at radius 1 is 1.31 bits per heavy atom. The van der Waals surface area contributed by atoms with Crippen molar-refractivity contribution in [3.05, 3.63) is 45.7 Å². The number of nitrogens with one attached hydrogen (secondary N) is 1.